The van der Waals surface area contributed by atoms with Gasteiger partial charge in [-0.1, -0.05) is 29.8 Å². The molecular formula is C23H16ClNO5. The van der Waals surface area contributed by atoms with Gasteiger partial charge >= 0.3 is 5.97 Å². The average molecular weight is 422 g/mol. The number of nitrogens with one attached hydrogen (secondary N) is 1. The minimum atomic E-state index is -1.36. The fourth-order valence-corrected chi connectivity index (χ4v) is 3.37. The molecule has 4 aromatic rings. The third kappa shape index (κ3) is 3.90. The van der Waals surface area contributed by atoms with Gasteiger partial charge in [0.2, 0.25) is 0 Å². The lowest BCUT2D eigenvalue weighted by Crippen LogP contribution is -2.42. The number of carboxylic acids is 1. The number of aliphatic carboxylic acids is 1. The summed E-state index contributed by atoms with van der Waals surface area (Å²) in [6.45, 7) is 0. The number of carboxylic acid groups (broad SMARTS) is 1. The van der Waals surface area contributed by atoms with E-state index in [0.717, 1.165) is 10.8 Å². The van der Waals surface area contributed by atoms with Crippen molar-refractivity contribution in [3.8, 4) is 0 Å². The molecule has 30 heavy (non-hydrogen) atoms. The highest BCUT2D eigenvalue weighted by atomic mass is 35.5. The van der Waals surface area contributed by atoms with E-state index >= 15 is 0 Å². The molecule has 0 aliphatic rings. The van der Waals surface area contributed by atoms with Crippen molar-refractivity contribution >= 4 is 51.2 Å². The summed E-state index contributed by atoms with van der Waals surface area (Å²) in [7, 11) is 0. The van der Waals surface area contributed by atoms with Crippen molar-refractivity contribution < 1.29 is 23.9 Å². The molecular weight excluding hydrogens is 406 g/mol. The lowest BCUT2D eigenvalue weighted by atomic mass is 10.0. The number of hydrogen-bond acceptors (Lipinski definition) is 4. The highest BCUT2D eigenvalue weighted by Crippen LogP contribution is 2.29. The number of para-hydroxylation sites is 1. The van der Waals surface area contributed by atoms with Gasteiger partial charge in [0.05, 0.1) is 0 Å². The molecule has 2 N–H and O–H groups in total. The Bertz CT molecular complexity index is 1280. The number of amides is 1. The van der Waals surface area contributed by atoms with Crippen LogP contribution in [0, 0.1) is 0 Å². The Labute approximate surface area is 176 Å². The number of furan rings is 1. The first-order valence-corrected chi connectivity index (χ1v) is 9.54. The number of rotatable bonds is 6. The summed E-state index contributed by atoms with van der Waals surface area (Å²) in [4.78, 5) is 36.7. The van der Waals surface area contributed by atoms with E-state index in [0.29, 0.717) is 21.8 Å². The lowest BCUT2D eigenvalue weighted by Gasteiger charge is -2.14. The van der Waals surface area contributed by atoms with E-state index < -0.39 is 23.7 Å². The SMILES string of the molecule is O=C(CC(NC(=O)c1ccc(Cl)cc1)C(=O)O)c1ccc2oc3ccccc3c2c1. The van der Waals surface area contributed by atoms with Crippen molar-refractivity contribution in [2.75, 3.05) is 0 Å². The zero-order chi connectivity index (χ0) is 21.3. The summed E-state index contributed by atoms with van der Waals surface area (Å²) in [5.74, 6) is -2.28. The molecule has 4 rings (SSSR count). The number of halogens is 1. The van der Waals surface area contributed by atoms with Gasteiger partial charge in [-0.2, -0.15) is 0 Å². The topological polar surface area (TPSA) is 96.6 Å². The van der Waals surface area contributed by atoms with Crippen molar-refractivity contribution in [3.05, 3.63) is 82.9 Å². The van der Waals surface area contributed by atoms with Crippen LogP contribution in [0.1, 0.15) is 27.1 Å². The molecule has 0 saturated carbocycles. The Morgan fingerprint density at radius 2 is 1.57 bits per heavy atom. The summed E-state index contributed by atoms with van der Waals surface area (Å²) in [5, 5.41) is 14.0. The molecule has 7 heteroatoms. The van der Waals surface area contributed by atoms with Crippen LogP contribution in [0.4, 0.5) is 0 Å². The second kappa shape index (κ2) is 8.00. The van der Waals surface area contributed by atoms with Gasteiger partial charge in [-0.25, -0.2) is 4.79 Å². The average Bonchev–Trinajstić information content (AvgIpc) is 3.11. The van der Waals surface area contributed by atoms with Gasteiger partial charge in [0.1, 0.15) is 17.2 Å². The van der Waals surface area contributed by atoms with E-state index in [1.165, 1.54) is 24.3 Å². The fraction of sp³-hybridized carbons (Fsp3) is 0.0870. The first-order chi connectivity index (χ1) is 14.4. The monoisotopic (exact) mass is 421 g/mol. The second-order valence-corrected chi connectivity index (χ2v) is 7.24. The van der Waals surface area contributed by atoms with E-state index in [-0.39, 0.29) is 12.0 Å². The predicted octanol–water partition coefficient (Wildman–Crippen LogP) is 4.70. The van der Waals surface area contributed by atoms with Crippen molar-refractivity contribution in [1.82, 2.24) is 5.32 Å². The van der Waals surface area contributed by atoms with Crippen LogP contribution in [0.15, 0.2) is 71.1 Å². The third-order valence-corrected chi connectivity index (χ3v) is 5.05. The number of benzene rings is 3. The van der Waals surface area contributed by atoms with Crippen molar-refractivity contribution in [3.63, 3.8) is 0 Å². The molecule has 3 aromatic carbocycles. The first-order valence-electron chi connectivity index (χ1n) is 9.16. The maximum atomic E-state index is 12.8. The Kier molecular flexibility index (Phi) is 5.25. The zero-order valence-electron chi connectivity index (χ0n) is 15.6. The Morgan fingerprint density at radius 1 is 0.900 bits per heavy atom. The molecule has 0 spiro atoms. The maximum Gasteiger partial charge on any atom is 0.326 e. The molecule has 0 bridgehead atoms. The number of carbonyl (C=O) groups is 3. The maximum absolute atomic E-state index is 12.8. The zero-order valence-corrected chi connectivity index (χ0v) is 16.3. The second-order valence-electron chi connectivity index (χ2n) is 6.81. The quantitative estimate of drug-likeness (QED) is 0.440. The largest absolute Gasteiger partial charge is 0.480 e. The van der Waals surface area contributed by atoms with E-state index in [1.807, 2.05) is 24.3 Å². The van der Waals surface area contributed by atoms with Gasteiger partial charge in [0.15, 0.2) is 5.78 Å². The van der Waals surface area contributed by atoms with Gasteiger partial charge in [-0.15, -0.1) is 0 Å². The number of carbonyl (C=O) groups excluding carboxylic acids is 2. The lowest BCUT2D eigenvalue weighted by molar-refractivity contribution is -0.139. The van der Waals surface area contributed by atoms with Crippen LogP contribution >= 0.6 is 11.6 Å². The van der Waals surface area contributed by atoms with Gasteiger partial charge < -0.3 is 14.8 Å². The number of fused-ring (bicyclic) bond motifs is 3. The molecule has 1 unspecified atom stereocenters. The van der Waals surface area contributed by atoms with Crippen LogP contribution in [-0.4, -0.2) is 28.8 Å². The molecule has 6 nitrogen and oxygen atoms in total. The standard InChI is InChI=1S/C23H16ClNO5/c24-15-8-5-13(6-9-15)22(27)25-18(23(28)29)12-19(26)14-7-10-21-17(11-14)16-3-1-2-4-20(16)30-21/h1-11,18H,12H2,(H,25,27)(H,28,29). The summed E-state index contributed by atoms with van der Waals surface area (Å²) < 4.78 is 5.74. The van der Waals surface area contributed by atoms with Gasteiger partial charge in [0, 0.05) is 33.3 Å². The molecule has 150 valence electrons. The van der Waals surface area contributed by atoms with E-state index in [1.54, 1.807) is 18.2 Å². The summed E-state index contributed by atoms with van der Waals surface area (Å²) in [6, 6.07) is 17.1. The van der Waals surface area contributed by atoms with Gasteiger partial charge in [0.25, 0.3) is 5.91 Å². The van der Waals surface area contributed by atoms with Crippen LogP contribution < -0.4 is 5.32 Å². The van der Waals surface area contributed by atoms with E-state index in [9.17, 15) is 19.5 Å². The first kappa shape index (κ1) is 19.7. The Morgan fingerprint density at radius 3 is 2.30 bits per heavy atom. The van der Waals surface area contributed by atoms with Crippen molar-refractivity contribution in [2.45, 2.75) is 12.5 Å². The highest BCUT2D eigenvalue weighted by molar-refractivity contribution is 6.30. The number of Topliss-reactive ketones (excluding diaryl/α,β-unsaturated/α-hetero) is 1. The molecule has 0 aliphatic heterocycles. The van der Waals surface area contributed by atoms with Gasteiger partial charge in [-0.3, -0.25) is 9.59 Å². The van der Waals surface area contributed by atoms with Crippen LogP contribution in [0.25, 0.3) is 21.9 Å². The molecule has 1 heterocycles. The van der Waals surface area contributed by atoms with Crippen LogP contribution in [-0.2, 0) is 4.79 Å². The molecule has 1 atom stereocenters. The number of ketones is 1. The van der Waals surface area contributed by atoms with Crippen molar-refractivity contribution in [2.24, 2.45) is 0 Å². The predicted molar refractivity (Wildman–Crippen MR) is 113 cm³/mol. The Balaban J connectivity index is 1.55. The van der Waals surface area contributed by atoms with E-state index in [4.69, 9.17) is 16.0 Å². The van der Waals surface area contributed by atoms with Gasteiger partial charge in [-0.05, 0) is 48.5 Å². The molecule has 1 aromatic heterocycles. The van der Waals surface area contributed by atoms with Crippen LogP contribution in [0.2, 0.25) is 5.02 Å². The minimum Gasteiger partial charge on any atom is -0.480 e. The van der Waals surface area contributed by atoms with Crippen LogP contribution in [0.5, 0.6) is 0 Å². The van der Waals surface area contributed by atoms with Crippen molar-refractivity contribution in [1.29, 1.82) is 0 Å². The fourth-order valence-electron chi connectivity index (χ4n) is 3.25. The Hall–Kier alpha value is -3.64. The summed E-state index contributed by atoms with van der Waals surface area (Å²) in [6.07, 6.45) is -0.379. The summed E-state index contributed by atoms with van der Waals surface area (Å²) in [5.41, 5.74) is 1.94. The molecule has 0 aliphatic carbocycles. The van der Waals surface area contributed by atoms with Crippen LogP contribution in [0.3, 0.4) is 0 Å². The highest BCUT2D eigenvalue weighted by Gasteiger charge is 2.25. The molecule has 0 radical (unpaired) electrons. The normalized spacial score (nSPS) is 12.0. The summed E-state index contributed by atoms with van der Waals surface area (Å²) >= 11 is 5.80. The smallest absolute Gasteiger partial charge is 0.326 e. The molecule has 0 fully saturated rings. The third-order valence-electron chi connectivity index (χ3n) is 4.80. The van der Waals surface area contributed by atoms with E-state index in [2.05, 4.69) is 5.32 Å². The minimum absolute atomic E-state index is 0.254. The molecule has 0 saturated heterocycles. The number of hydrogen-bond donors (Lipinski definition) is 2. The molecule has 1 amide bonds.